The van der Waals surface area contributed by atoms with E-state index in [1.54, 1.807) is 19.1 Å². The minimum Gasteiger partial charge on any atom is -0.288 e. The number of carbonyl (C=O) groups excluding carboxylic acids is 1. The molecule has 0 bridgehead atoms. The molecule has 1 rings (SSSR count). The van der Waals surface area contributed by atoms with Crippen LogP contribution in [0.1, 0.15) is 19.0 Å². The van der Waals surface area contributed by atoms with E-state index in [1.807, 2.05) is 0 Å². The van der Waals surface area contributed by atoms with Crippen LogP contribution in [0.15, 0.2) is 12.1 Å². The van der Waals surface area contributed by atoms with Crippen LogP contribution in [-0.4, -0.2) is 21.1 Å². The molecule has 0 spiro atoms. The fourth-order valence-corrected chi connectivity index (χ4v) is 1.37. The van der Waals surface area contributed by atoms with Gasteiger partial charge in [0, 0.05) is 19.1 Å². The minimum atomic E-state index is 0.114. The van der Waals surface area contributed by atoms with E-state index in [0.29, 0.717) is 23.0 Å². The lowest BCUT2D eigenvalue weighted by molar-refractivity contribution is -0.109. The Labute approximate surface area is 97.6 Å². The fourth-order valence-electron chi connectivity index (χ4n) is 0.782. The first-order valence-electron chi connectivity index (χ1n) is 4.30. The van der Waals surface area contributed by atoms with Gasteiger partial charge < -0.3 is 0 Å². The number of halogens is 1. The van der Waals surface area contributed by atoms with Crippen molar-refractivity contribution in [2.45, 2.75) is 13.3 Å². The van der Waals surface area contributed by atoms with Crippen LogP contribution in [-0.2, 0) is 4.79 Å². The van der Waals surface area contributed by atoms with Crippen molar-refractivity contribution in [3.63, 3.8) is 0 Å². The number of aromatic nitrogens is 2. The quantitative estimate of drug-likeness (QED) is 0.587. The molecule has 1 aromatic heterocycles. The van der Waals surface area contributed by atoms with Gasteiger partial charge in [-0.25, -0.2) is 0 Å². The van der Waals surface area contributed by atoms with Crippen molar-refractivity contribution in [1.29, 1.82) is 0 Å². The van der Waals surface area contributed by atoms with Gasteiger partial charge in [0.1, 0.15) is 5.69 Å². The summed E-state index contributed by atoms with van der Waals surface area (Å²) in [6, 6.07) is 3.35. The van der Waals surface area contributed by atoms with Crippen LogP contribution in [0.5, 0.6) is 0 Å². The third kappa shape index (κ3) is 5.40. The second kappa shape index (κ2) is 6.44. The molecule has 0 aliphatic rings. The molecule has 0 radical (unpaired) electrons. The predicted octanol–water partition coefficient (Wildman–Crippen LogP) is 2.15. The van der Waals surface area contributed by atoms with Gasteiger partial charge in [0.15, 0.2) is 10.3 Å². The number of hydrogen-bond donors (Lipinski definition) is 0. The van der Waals surface area contributed by atoms with Gasteiger partial charge in [-0.2, -0.15) is 0 Å². The van der Waals surface area contributed by atoms with Gasteiger partial charge in [0.2, 0.25) is 0 Å². The van der Waals surface area contributed by atoms with E-state index in [-0.39, 0.29) is 5.12 Å². The van der Waals surface area contributed by atoms with Crippen molar-refractivity contribution < 1.29 is 4.79 Å². The molecule has 0 amide bonds. The average molecular weight is 241 g/mol. The summed E-state index contributed by atoms with van der Waals surface area (Å²) < 4.78 is 0. The molecule has 15 heavy (non-hydrogen) atoms. The summed E-state index contributed by atoms with van der Waals surface area (Å²) in [5, 5.41) is 7.91. The summed E-state index contributed by atoms with van der Waals surface area (Å²) in [6.07, 6.45) is 0.661. The zero-order valence-electron chi connectivity index (χ0n) is 8.16. The highest BCUT2D eigenvalue weighted by atomic mass is 35.5. The van der Waals surface area contributed by atoms with Gasteiger partial charge in [-0.05, 0) is 18.1 Å². The second-order valence-electron chi connectivity index (χ2n) is 2.63. The van der Waals surface area contributed by atoms with Crippen molar-refractivity contribution in [2.75, 3.05) is 5.75 Å². The van der Waals surface area contributed by atoms with Crippen molar-refractivity contribution >= 4 is 28.5 Å². The molecule has 0 aliphatic heterocycles. The lowest BCUT2D eigenvalue weighted by Gasteiger charge is -1.89. The van der Waals surface area contributed by atoms with E-state index in [0.717, 1.165) is 0 Å². The summed E-state index contributed by atoms with van der Waals surface area (Å²) >= 11 is 6.84. The second-order valence-corrected chi connectivity index (χ2v) is 4.29. The molecule has 1 heterocycles. The Morgan fingerprint density at radius 3 is 2.93 bits per heavy atom. The molecular weight excluding hydrogens is 232 g/mol. The van der Waals surface area contributed by atoms with Gasteiger partial charge in [-0.1, -0.05) is 29.3 Å². The van der Waals surface area contributed by atoms with Crippen LogP contribution >= 0.6 is 23.4 Å². The van der Waals surface area contributed by atoms with Crippen LogP contribution < -0.4 is 0 Å². The number of nitrogens with zero attached hydrogens (tertiary/aromatic N) is 2. The lowest BCUT2D eigenvalue weighted by Crippen LogP contribution is -1.87. The SMILES string of the molecule is CC(=O)SCCC#Cc1ccc(Cl)nn1. The van der Waals surface area contributed by atoms with E-state index in [2.05, 4.69) is 22.0 Å². The van der Waals surface area contributed by atoms with E-state index in [1.165, 1.54) is 11.8 Å². The van der Waals surface area contributed by atoms with Crippen LogP contribution in [0.3, 0.4) is 0 Å². The van der Waals surface area contributed by atoms with Crippen molar-refractivity contribution in [2.24, 2.45) is 0 Å². The van der Waals surface area contributed by atoms with Crippen LogP contribution in [0.2, 0.25) is 5.15 Å². The Morgan fingerprint density at radius 2 is 2.33 bits per heavy atom. The highest BCUT2D eigenvalue weighted by Crippen LogP contribution is 2.03. The molecule has 0 atom stereocenters. The molecule has 0 saturated heterocycles. The lowest BCUT2D eigenvalue weighted by atomic mass is 10.3. The first kappa shape index (κ1) is 12.0. The minimum absolute atomic E-state index is 0.114. The van der Waals surface area contributed by atoms with Crippen molar-refractivity contribution in [3.8, 4) is 11.8 Å². The normalized spacial score (nSPS) is 9.20. The first-order chi connectivity index (χ1) is 7.18. The highest BCUT2D eigenvalue weighted by Gasteiger charge is 1.92. The monoisotopic (exact) mass is 240 g/mol. The Kier molecular flexibility index (Phi) is 5.16. The largest absolute Gasteiger partial charge is 0.288 e. The Balaban J connectivity index is 2.38. The predicted molar refractivity (Wildman–Crippen MR) is 61.7 cm³/mol. The van der Waals surface area contributed by atoms with Crippen LogP contribution in [0.25, 0.3) is 0 Å². The number of thioether (sulfide) groups is 1. The summed E-state index contributed by atoms with van der Waals surface area (Å²) in [7, 11) is 0. The molecule has 0 aromatic carbocycles. The van der Waals surface area contributed by atoms with Gasteiger partial charge in [0.05, 0.1) is 0 Å². The molecule has 0 fully saturated rings. The standard InChI is InChI=1S/C10H9ClN2OS/c1-8(14)15-7-3-2-4-9-5-6-10(11)13-12-9/h5-6H,3,7H2,1H3. The molecule has 5 heteroatoms. The summed E-state index contributed by atoms with van der Waals surface area (Å²) in [5.41, 5.74) is 0.590. The maximum absolute atomic E-state index is 10.6. The fraction of sp³-hybridized carbons (Fsp3) is 0.300. The first-order valence-corrected chi connectivity index (χ1v) is 5.66. The molecular formula is C10H9ClN2OS. The van der Waals surface area contributed by atoms with Gasteiger partial charge >= 0.3 is 0 Å². The summed E-state index contributed by atoms with van der Waals surface area (Å²) in [4.78, 5) is 10.6. The average Bonchev–Trinajstić information content (AvgIpc) is 2.20. The highest BCUT2D eigenvalue weighted by molar-refractivity contribution is 8.13. The molecule has 0 N–H and O–H groups in total. The maximum Gasteiger partial charge on any atom is 0.185 e. The topological polar surface area (TPSA) is 42.9 Å². The zero-order chi connectivity index (χ0) is 11.1. The van der Waals surface area contributed by atoms with Gasteiger partial charge in [-0.3, -0.25) is 4.79 Å². The van der Waals surface area contributed by atoms with E-state index in [9.17, 15) is 4.79 Å². The Hall–Kier alpha value is -1.05. The van der Waals surface area contributed by atoms with Gasteiger partial charge in [-0.15, -0.1) is 10.2 Å². The maximum atomic E-state index is 10.6. The number of hydrogen-bond acceptors (Lipinski definition) is 4. The van der Waals surface area contributed by atoms with Crippen LogP contribution in [0.4, 0.5) is 0 Å². The molecule has 3 nitrogen and oxygen atoms in total. The van der Waals surface area contributed by atoms with Gasteiger partial charge in [0.25, 0.3) is 0 Å². The third-order valence-electron chi connectivity index (χ3n) is 1.38. The zero-order valence-corrected chi connectivity index (χ0v) is 9.73. The smallest absolute Gasteiger partial charge is 0.185 e. The molecule has 0 unspecified atom stereocenters. The van der Waals surface area contributed by atoms with E-state index in [4.69, 9.17) is 11.6 Å². The van der Waals surface area contributed by atoms with E-state index >= 15 is 0 Å². The Morgan fingerprint density at radius 1 is 1.53 bits per heavy atom. The third-order valence-corrected chi connectivity index (χ3v) is 2.40. The Bertz CT molecular complexity index is 394. The van der Waals surface area contributed by atoms with Crippen molar-refractivity contribution in [3.05, 3.63) is 23.0 Å². The van der Waals surface area contributed by atoms with Crippen molar-refractivity contribution in [1.82, 2.24) is 10.2 Å². The summed E-state index contributed by atoms with van der Waals surface area (Å²) in [6.45, 7) is 1.54. The molecule has 0 saturated carbocycles. The van der Waals surface area contributed by atoms with E-state index < -0.39 is 0 Å². The number of rotatable bonds is 2. The number of carbonyl (C=O) groups is 1. The molecule has 78 valence electrons. The molecule has 1 aromatic rings. The summed E-state index contributed by atoms with van der Waals surface area (Å²) in [5.74, 6) is 6.46. The molecule has 0 aliphatic carbocycles. The van der Waals surface area contributed by atoms with Crippen LogP contribution in [0, 0.1) is 11.8 Å².